The normalized spacial score (nSPS) is 10.8. The molecule has 0 radical (unpaired) electrons. The fraction of sp³-hybridized carbons (Fsp3) is 0.400. The zero-order valence-electron chi connectivity index (χ0n) is 7.34. The second-order valence-corrected chi connectivity index (χ2v) is 3.58. The van der Waals surface area contributed by atoms with E-state index in [9.17, 15) is 0 Å². The van der Waals surface area contributed by atoms with E-state index in [1.54, 1.807) is 0 Å². The second-order valence-electron chi connectivity index (χ2n) is 3.17. The van der Waals surface area contributed by atoms with E-state index in [4.69, 9.17) is 16.7 Å². The molecule has 1 N–H and O–H groups in total. The number of halogens is 1. The summed E-state index contributed by atoms with van der Waals surface area (Å²) in [4.78, 5) is 0. The summed E-state index contributed by atoms with van der Waals surface area (Å²) in [5.41, 5.74) is 2.02. The maximum Gasteiger partial charge on any atom is 0.0681 e. The molecule has 0 aliphatic rings. The molecule has 1 rings (SSSR count). The highest BCUT2D eigenvalue weighted by Gasteiger charge is 2.04. The van der Waals surface area contributed by atoms with Gasteiger partial charge in [-0.25, -0.2) is 0 Å². The van der Waals surface area contributed by atoms with Crippen LogP contribution in [0.25, 0.3) is 0 Å². The van der Waals surface area contributed by atoms with E-state index >= 15 is 0 Å². The number of rotatable bonds is 2. The Morgan fingerprint density at radius 3 is 2.58 bits per heavy atom. The van der Waals surface area contributed by atoms with Crippen LogP contribution >= 0.6 is 11.6 Å². The molecule has 0 heterocycles. The number of hydrogen-bond acceptors (Lipinski definition) is 1. The van der Waals surface area contributed by atoms with Crippen LogP contribution in [0.15, 0.2) is 18.2 Å². The van der Waals surface area contributed by atoms with Crippen LogP contribution in [0, 0.1) is 0 Å². The third kappa shape index (κ3) is 1.99. The Morgan fingerprint density at radius 2 is 2.08 bits per heavy atom. The third-order valence-corrected chi connectivity index (χ3v) is 2.21. The van der Waals surface area contributed by atoms with Gasteiger partial charge in [0.2, 0.25) is 0 Å². The van der Waals surface area contributed by atoms with E-state index in [1.807, 2.05) is 18.2 Å². The van der Waals surface area contributed by atoms with Crippen molar-refractivity contribution in [2.45, 2.75) is 26.4 Å². The maximum absolute atomic E-state index is 8.89. The lowest BCUT2D eigenvalue weighted by atomic mass is 10.0. The summed E-state index contributed by atoms with van der Waals surface area (Å²) in [7, 11) is 0. The minimum Gasteiger partial charge on any atom is -0.392 e. The van der Waals surface area contributed by atoms with Crippen LogP contribution in [-0.2, 0) is 6.61 Å². The first-order valence-corrected chi connectivity index (χ1v) is 4.42. The van der Waals surface area contributed by atoms with Gasteiger partial charge in [0.25, 0.3) is 0 Å². The van der Waals surface area contributed by atoms with Gasteiger partial charge in [-0.2, -0.15) is 0 Å². The van der Waals surface area contributed by atoms with Crippen LogP contribution in [0.1, 0.15) is 30.9 Å². The predicted octanol–water partition coefficient (Wildman–Crippen LogP) is 2.96. The summed E-state index contributed by atoms with van der Waals surface area (Å²) in [6.07, 6.45) is 0. The van der Waals surface area contributed by atoms with Crippen molar-refractivity contribution < 1.29 is 5.11 Å². The molecule has 0 saturated heterocycles. The molecule has 0 saturated carbocycles. The zero-order valence-corrected chi connectivity index (χ0v) is 8.10. The van der Waals surface area contributed by atoms with Crippen LogP contribution in [0.5, 0.6) is 0 Å². The highest BCUT2D eigenvalue weighted by Crippen LogP contribution is 2.24. The Hall–Kier alpha value is -0.530. The maximum atomic E-state index is 8.89. The van der Waals surface area contributed by atoms with E-state index in [0.717, 1.165) is 16.1 Å². The molecule has 2 heteroatoms. The van der Waals surface area contributed by atoms with Gasteiger partial charge < -0.3 is 5.11 Å². The monoisotopic (exact) mass is 184 g/mol. The molecule has 0 aromatic heterocycles. The van der Waals surface area contributed by atoms with Crippen molar-refractivity contribution in [2.24, 2.45) is 0 Å². The molecule has 1 nitrogen and oxygen atoms in total. The summed E-state index contributed by atoms with van der Waals surface area (Å²) in [6, 6.07) is 5.63. The van der Waals surface area contributed by atoms with Crippen molar-refractivity contribution in [3.63, 3.8) is 0 Å². The Labute approximate surface area is 78.0 Å². The van der Waals surface area contributed by atoms with Gasteiger partial charge >= 0.3 is 0 Å². The van der Waals surface area contributed by atoms with E-state index in [-0.39, 0.29) is 6.61 Å². The molecule has 0 aliphatic carbocycles. The summed E-state index contributed by atoms with van der Waals surface area (Å²) in [5, 5.41) is 9.67. The topological polar surface area (TPSA) is 20.2 Å². The van der Waals surface area contributed by atoms with Crippen LogP contribution in [0.3, 0.4) is 0 Å². The van der Waals surface area contributed by atoms with Gasteiger partial charge in [0.15, 0.2) is 0 Å². The third-order valence-electron chi connectivity index (χ3n) is 1.86. The molecular weight excluding hydrogens is 172 g/mol. The fourth-order valence-electron chi connectivity index (χ4n) is 1.13. The van der Waals surface area contributed by atoms with E-state index in [0.29, 0.717) is 5.92 Å². The molecule has 1 aromatic rings. The first-order chi connectivity index (χ1) is 5.65. The van der Waals surface area contributed by atoms with Gasteiger partial charge in [0, 0.05) is 5.02 Å². The van der Waals surface area contributed by atoms with Gasteiger partial charge in [-0.1, -0.05) is 37.6 Å². The number of benzene rings is 1. The second kappa shape index (κ2) is 3.92. The SMILES string of the molecule is CC(C)c1cc(CO)ccc1Cl. The zero-order chi connectivity index (χ0) is 9.14. The van der Waals surface area contributed by atoms with Crippen molar-refractivity contribution in [1.82, 2.24) is 0 Å². The van der Waals surface area contributed by atoms with Gasteiger partial charge in [0.1, 0.15) is 0 Å². The molecule has 0 fully saturated rings. The van der Waals surface area contributed by atoms with Gasteiger partial charge in [-0.15, -0.1) is 0 Å². The molecule has 0 spiro atoms. The Balaban J connectivity index is 3.08. The number of aliphatic hydroxyl groups is 1. The summed E-state index contributed by atoms with van der Waals surface area (Å²) >= 11 is 5.97. The van der Waals surface area contributed by atoms with Crippen molar-refractivity contribution in [1.29, 1.82) is 0 Å². The Kier molecular flexibility index (Phi) is 3.12. The average molecular weight is 185 g/mol. The molecule has 66 valence electrons. The standard InChI is InChI=1S/C10H13ClO/c1-7(2)9-5-8(6-12)3-4-10(9)11/h3-5,7,12H,6H2,1-2H3. The summed E-state index contributed by atoms with van der Waals surface area (Å²) < 4.78 is 0. The van der Waals surface area contributed by atoms with E-state index in [2.05, 4.69) is 13.8 Å². The van der Waals surface area contributed by atoms with Crippen LogP contribution in [-0.4, -0.2) is 5.11 Å². The molecule has 0 aliphatic heterocycles. The minimum atomic E-state index is 0.0802. The van der Waals surface area contributed by atoms with Crippen molar-refractivity contribution in [2.75, 3.05) is 0 Å². The van der Waals surface area contributed by atoms with Crippen LogP contribution < -0.4 is 0 Å². The lowest BCUT2D eigenvalue weighted by Crippen LogP contribution is -1.91. The Morgan fingerprint density at radius 1 is 1.42 bits per heavy atom. The van der Waals surface area contributed by atoms with E-state index < -0.39 is 0 Å². The first-order valence-electron chi connectivity index (χ1n) is 4.04. The molecule has 0 bridgehead atoms. The largest absolute Gasteiger partial charge is 0.392 e. The van der Waals surface area contributed by atoms with Crippen molar-refractivity contribution in [3.05, 3.63) is 34.3 Å². The molecule has 1 aromatic carbocycles. The summed E-state index contributed by atoms with van der Waals surface area (Å²) in [6.45, 7) is 4.25. The van der Waals surface area contributed by atoms with Gasteiger partial charge in [-0.05, 0) is 23.1 Å². The highest BCUT2D eigenvalue weighted by molar-refractivity contribution is 6.31. The average Bonchev–Trinajstić information content (AvgIpc) is 2.05. The molecule has 0 atom stereocenters. The highest BCUT2D eigenvalue weighted by atomic mass is 35.5. The lowest BCUT2D eigenvalue weighted by Gasteiger charge is -2.09. The van der Waals surface area contributed by atoms with Crippen LogP contribution in [0.2, 0.25) is 5.02 Å². The van der Waals surface area contributed by atoms with Crippen molar-refractivity contribution in [3.8, 4) is 0 Å². The van der Waals surface area contributed by atoms with E-state index in [1.165, 1.54) is 0 Å². The summed E-state index contributed by atoms with van der Waals surface area (Å²) in [5.74, 6) is 0.406. The minimum absolute atomic E-state index is 0.0802. The molecule has 12 heavy (non-hydrogen) atoms. The molecule has 0 unspecified atom stereocenters. The molecule has 0 amide bonds. The Bertz CT molecular complexity index is 269. The van der Waals surface area contributed by atoms with Crippen molar-refractivity contribution >= 4 is 11.6 Å². The smallest absolute Gasteiger partial charge is 0.0681 e. The number of hydrogen-bond donors (Lipinski definition) is 1. The number of aliphatic hydroxyl groups excluding tert-OH is 1. The lowest BCUT2D eigenvalue weighted by molar-refractivity contribution is 0.281. The molecular formula is C10H13ClO. The van der Waals surface area contributed by atoms with Crippen LogP contribution in [0.4, 0.5) is 0 Å². The predicted molar refractivity (Wildman–Crippen MR) is 51.5 cm³/mol. The first kappa shape index (κ1) is 9.56. The fourth-order valence-corrected chi connectivity index (χ4v) is 1.47. The van der Waals surface area contributed by atoms with Gasteiger partial charge in [0.05, 0.1) is 6.61 Å². The quantitative estimate of drug-likeness (QED) is 0.750. The van der Waals surface area contributed by atoms with Gasteiger partial charge in [-0.3, -0.25) is 0 Å².